The topological polar surface area (TPSA) is 43.4 Å². The van der Waals surface area contributed by atoms with Crippen LogP contribution in [0.15, 0.2) is 12.2 Å². The Morgan fingerprint density at radius 2 is 1.91 bits per heavy atom. The summed E-state index contributed by atoms with van der Waals surface area (Å²) in [6.45, 7) is 12.4. The van der Waals surface area contributed by atoms with Crippen molar-refractivity contribution in [1.29, 1.82) is 0 Å². The molecule has 0 bridgehead atoms. The summed E-state index contributed by atoms with van der Waals surface area (Å²) in [5.74, 6) is 0.623. The number of ether oxygens (including phenoxy) is 1. The summed E-state index contributed by atoms with van der Waals surface area (Å²) < 4.78 is 5.96. The molecule has 1 spiro atoms. The molecule has 3 rings (SSSR count). The number of ketones is 1. The largest absolute Gasteiger partial charge is 0.460 e. The molecule has 122 valence electrons. The third-order valence-electron chi connectivity index (χ3n) is 7.01. The highest BCUT2D eigenvalue weighted by molar-refractivity contribution is 6.00. The molecule has 5 atom stereocenters. The number of carbonyl (C=O) groups is 2. The molecule has 3 aliphatic carbocycles. The molecule has 22 heavy (non-hydrogen) atoms. The molecule has 0 aromatic rings. The monoisotopic (exact) mass is 304 g/mol. The first-order chi connectivity index (χ1) is 10.1. The van der Waals surface area contributed by atoms with Crippen molar-refractivity contribution in [3.05, 3.63) is 12.2 Å². The van der Waals surface area contributed by atoms with E-state index >= 15 is 0 Å². The quantitative estimate of drug-likeness (QED) is 0.729. The van der Waals surface area contributed by atoms with E-state index in [1.807, 2.05) is 20.8 Å². The molecule has 3 heteroatoms. The summed E-state index contributed by atoms with van der Waals surface area (Å²) in [5.41, 5.74) is -0.929. The van der Waals surface area contributed by atoms with Gasteiger partial charge < -0.3 is 4.74 Å². The van der Waals surface area contributed by atoms with Gasteiger partial charge >= 0.3 is 5.97 Å². The maximum absolute atomic E-state index is 12.8. The minimum atomic E-state index is -0.609. The van der Waals surface area contributed by atoms with Gasteiger partial charge in [-0.15, -0.1) is 0 Å². The highest BCUT2D eigenvalue weighted by Crippen LogP contribution is 2.75. The Labute approximate surface area is 133 Å². The first kappa shape index (κ1) is 15.8. The lowest BCUT2D eigenvalue weighted by Gasteiger charge is -2.42. The summed E-state index contributed by atoms with van der Waals surface area (Å²) in [6.07, 6.45) is 5.82. The lowest BCUT2D eigenvalue weighted by molar-refractivity contribution is -0.169. The van der Waals surface area contributed by atoms with Crippen LogP contribution >= 0.6 is 0 Å². The second-order valence-electron chi connectivity index (χ2n) is 8.66. The Balaban J connectivity index is 2.12. The minimum Gasteiger partial charge on any atom is -0.460 e. The van der Waals surface area contributed by atoms with Gasteiger partial charge in [0.25, 0.3) is 0 Å². The molecule has 2 fully saturated rings. The van der Waals surface area contributed by atoms with Crippen molar-refractivity contribution in [1.82, 2.24) is 0 Å². The van der Waals surface area contributed by atoms with Crippen molar-refractivity contribution in [2.75, 3.05) is 0 Å². The van der Waals surface area contributed by atoms with Gasteiger partial charge in [-0.25, -0.2) is 0 Å². The summed E-state index contributed by atoms with van der Waals surface area (Å²) in [7, 11) is 0. The molecule has 0 aliphatic heterocycles. The van der Waals surface area contributed by atoms with E-state index < -0.39 is 5.41 Å². The Kier molecular flexibility index (Phi) is 3.19. The van der Waals surface area contributed by atoms with Gasteiger partial charge in [0, 0.05) is 10.8 Å². The standard InChI is InChI=1S/C19H28O3/c1-11(2)15(21)22-16-17(4,5)13-8-7-12(3)19(13)10-9-14(20)18(16,19)6/h9-13,16H,7-8H2,1-6H3/t12-,13+,16-,18+,19+/m1/s1. The van der Waals surface area contributed by atoms with Crippen molar-refractivity contribution in [2.45, 2.75) is 60.5 Å². The number of hydrogen-bond acceptors (Lipinski definition) is 3. The van der Waals surface area contributed by atoms with Crippen LogP contribution in [-0.4, -0.2) is 17.9 Å². The zero-order valence-corrected chi connectivity index (χ0v) is 14.6. The maximum Gasteiger partial charge on any atom is 0.308 e. The number of carbonyl (C=O) groups excluding carboxylic acids is 2. The molecular formula is C19H28O3. The predicted octanol–water partition coefficient (Wildman–Crippen LogP) is 3.77. The number of esters is 1. The van der Waals surface area contributed by atoms with Crippen LogP contribution < -0.4 is 0 Å². The summed E-state index contributed by atoms with van der Waals surface area (Å²) >= 11 is 0. The molecular weight excluding hydrogens is 276 g/mol. The zero-order chi connectivity index (χ0) is 16.5. The van der Waals surface area contributed by atoms with Gasteiger partial charge in [0.05, 0.1) is 11.3 Å². The second-order valence-corrected chi connectivity index (χ2v) is 8.66. The molecule has 0 unspecified atom stereocenters. The first-order valence-corrected chi connectivity index (χ1v) is 8.54. The van der Waals surface area contributed by atoms with Gasteiger partial charge in [-0.2, -0.15) is 0 Å². The molecule has 3 aliphatic rings. The van der Waals surface area contributed by atoms with Crippen molar-refractivity contribution < 1.29 is 14.3 Å². The van der Waals surface area contributed by atoms with E-state index in [2.05, 4.69) is 26.8 Å². The number of allylic oxidation sites excluding steroid dienone is 2. The maximum atomic E-state index is 12.8. The fourth-order valence-electron chi connectivity index (χ4n) is 5.96. The van der Waals surface area contributed by atoms with E-state index in [-0.39, 0.29) is 34.6 Å². The first-order valence-electron chi connectivity index (χ1n) is 8.54. The van der Waals surface area contributed by atoms with Crippen molar-refractivity contribution in [2.24, 2.45) is 34.0 Å². The fraction of sp³-hybridized carbons (Fsp3) is 0.789. The van der Waals surface area contributed by atoms with Gasteiger partial charge in [-0.3, -0.25) is 9.59 Å². The smallest absolute Gasteiger partial charge is 0.308 e. The highest BCUT2D eigenvalue weighted by Gasteiger charge is 2.77. The summed E-state index contributed by atoms with van der Waals surface area (Å²) in [6, 6.07) is 0. The van der Waals surface area contributed by atoms with E-state index in [0.717, 1.165) is 12.8 Å². The van der Waals surface area contributed by atoms with Crippen LogP contribution in [0.3, 0.4) is 0 Å². The van der Waals surface area contributed by atoms with Gasteiger partial charge in [0.1, 0.15) is 6.10 Å². The SMILES string of the molecule is CC(C)C(=O)O[C@@H]1C(C)(C)[C@@H]2CC[C@@H](C)[C@@]23C=CC(=O)[C@@]13C. The van der Waals surface area contributed by atoms with Gasteiger partial charge in [-0.1, -0.05) is 40.7 Å². The predicted molar refractivity (Wildman–Crippen MR) is 85.1 cm³/mol. The molecule has 0 saturated heterocycles. The van der Waals surface area contributed by atoms with Crippen molar-refractivity contribution in [3.63, 3.8) is 0 Å². The normalized spacial score (nSPS) is 45.2. The zero-order valence-electron chi connectivity index (χ0n) is 14.6. The Hall–Kier alpha value is -1.12. The van der Waals surface area contributed by atoms with Crippen LogP contribution in [-0.2, 0) is 14.3 Å². The molecule has 0 aromatic carbocycles. The van der Waals surface area contributed by atoms with Crippen LogP contribution in [0.4, 0.5) is 0 Å². The molecule has 0 amide bonds. The van der Waals surface area contributed by atoms with Crippen LogP contribution in [0.25, 0.3) is 0 Å². The average molecular weight is 304 g/mol. The lowest BCUT2D eigenvalue weighted by atomic mass is 9.61. The van der Waals surface area contributed by atoms with Crippen LogP contribution in [0.1, 0.15) is 54.4 Å². The van der Waals surface area contributed by atoms with Gasteiger partial charge in [-0.05, 0) is 37.7 Å². The fourth-order valence-corrected chi connectivity index (χ4v) is 5.96. The van der Waals surface area contributed by atoms with E-state index in [9.17, 15) is 9.59 Å². The number of rotatable bonds is 2. The molecule has 3 nitrogen and oxygen atoms in total. The van der Waals surface area contributed by atoms with Crippen molar-refractivity contribution >= 4 is 11.8 Å². The van der Waals surface area contributed by atoms with Crippen molar-refractivity contribution in [3.8, 4) is 0 Å². The minimum absolute atomic E-state index is 0.137. The van der Waals surface area contributed by atoms with E-state index in [0.29, 0.717) is 11.8 Å². The van der Waals surface area contributed by atoms with E-state index in [1.54, 1.807) is 6.08 Å². The summed E-state index contributed by atoms with van der Waals surface area (Å²) in [5, 5.41) is 0. The lowest BCUT2D eigenvalue weighted by Crippen LogP contribution is -2.49. The Morgan fingerprint density at radius 1 is 1.27 bits per heavy atom. The van der Waals surface area contributed by atoms with E-state index in [4.69, 9.17) is 4.74 Å². The highest BCUT2D eigenvalue weighted by atomic mass is 16.5. The molecule has 0 aromatic heterocycles. The van der Waals surface area contributed by atoms with E-state index in [1.165, 1.54) is 0 Å². The second kappa shape index (κ2) is 4.46. The third-order valence-corrected chi connectivity index (χ3v) is 7.01. The van der Waals surface area contributed by atoms with Gasteiger partial charge in [0.2, 0.25) is 0 Å². The summed E-state index contributed by atoms with van der Waals surface area (Å²) in [4.78, 5) is 25.1. The Bertz CT molecular complexity index is 559. The van der Waals surface area contributed by atoms with Gasteiger partial charge in [0.15, 0.2) is 5.78 Å². The molecule has 0 radical (unpaired) electrons. The van der Waals surface area contributed by atoms with Crippen LogP contribution in [0, 0.1) is 34.0 Å². The molecule has 0 heterocycles. The third kappa shape index (κ3) is 1.53. The van der Waals surface area contributed by atoms with Crippen LogP contribution in [0.2, 0.25) is 0 Å². The Morgan fingerprint density at radius 3 is 2.50 bits per heavy atom. The number of hydrogen-bond donors (Lipinski definition) is 0. The molecule has 2 saturated carbocycles. The average Bonchev–Trinajstić information content (AvgIpc) is 2.95. The molecule has 0 N–H and O–H groups in total. The van der Waals surface area contributed by atoms with Crippen LogP contribution in [0.5, 0.6) is 0 Å².